The lowest BCUT2D eigenvalue weighted by atomic mass is 9.99. The van der Waals surface area contributed by atoms with Gasteiger partial charge < -0.3 is 14.7 Å². The topological polar surface area (TPSA) is 49.8 Å². The fourth-order valence-electron chi connectivity index (χ4n) is 2.46. The third-order valence-corrected chi connectivity index (χ3v) is 4.28. The Morgan fingerprint density at radius 1 is 1.61 bits per heavy atom. The highest BCUT2D eigenvalue weighted by molar-refractivity contribution is 7.12. The van der Waals surface area contributed by atoms with Crippen molar-refractivity contribution in [3.8, 4) is 5.75 Å². The van der Waals surface area contributed by atoms with Crippen molar-refractivity contribution < 1.29 is 14.6 Å². The van der Waals surface area contributed by atoms with E-state index in [2.05, 4.69) is 0 Å². The van der Waals surface area contributed by atoms with Gasteiger partial charge in [-0.3, -0.25) is 4.79 Å². The summed E-state index contributed by atoms with van der Waals surface area (Å²) in [6, 6.07) is 1.99. The van der Waals surface area contributed by atoms with Crippen molar-refractivity contribution in [1.29, 1.82) is 0 Å². The fraction of sp³-hybridized carbons (Fsp3) is 0.615. The van der Waals surface area contributed by atoms with E-state index in [1.165, 1.54) is 11.3 Å². The molecule has 2 heterocycles. The molecular formula is C13H19NO3S. The van der Waals surface area contributed by atoms with Crippen LogP contribution in [0.15, 0.2) is 11.4 Å². The molecule has 1 unspecified atom stereocenters. The summed E-state index contributed by atoms with van der Waals surface area (Å²) in [5, 5.41) is 11.0. The van der Waals surface area contributed by atoms with Crippen LogP contribution in [-0.2, 0) is 0 Å². The Morgan fingerprint density at radius 2 is 2.44 bits per heavy atom. The van der Waals surface area contributed by atoms with Crippen LogP contribution in [0.1, 0.15) is 35.4 Å². The average Bonchev–Trinajstić information content (AvgIpc) is 2.87. The van der Waals surface area contributed by atoms with E-state index in [-0.39, 0.29) is 18.6 Å². The number of amides is 1. The molecule has 0 bridgehead atoms. The first-order chi connectivity index (χ1) is 8.77. The maximum Gasteiger partial charge on any atom is 0.267 e. The van der Waals surface area contributed by atoms with Crippen LogP contribution in [0, 0.1) is 0 Å². The van der Waals surface area contributed by atoms with Gasteiger partial charge >= 0.3 is 0 Å². The number of aliphatic hydroxyl groups excluding tert-OH is 1. The molecule has 1 fully saturated rings. The van der Waals surface area contributed by atoms with Crippen molar-refractivity contribution in [2.24, 2.45) is 0 Å². The van der Waals surface area contributed by atoms with Crippen molar-refractivity contribution >= 4 is 17.2 Å². The van der Waals surface area contributed by atoms with Crippen LogP contribution < -0.4 is 4.74 Å². The number of aliphatic hydroxyl groups is 1. The number of nitrogens with zero attached hydrogens (tertiary/aromatic N) is 1. The maximum absolute atomic E-state index is 12.5. The summed E-state index contributed by atoms with van der Waals surface area (Å²) in [4.78, 5) is 15.1. The summed E-state index contributed by atoms with van der Waals surface area (Å²) in [6.45, 7) is 0.917. The van der Waals surface area contributed by atoms with Crippen LogP contribution in [0.25, 0.3) is 0 Å². The molecule has 1 amide bonds. The van der Waals surface area contributed by atoms with E-state index in [9.17, 15) is 4.79 Å². The van der Waals surface area contributed by atoms with Gasteiger partial charge in [0.15, 0.2) is 0 Å². The molecular weight excluding hydrogens is 250 g/mol. The second kappa shape index (κ2) is 6.20. The van der Waals surface area contributed by atoms with E-state index in [1.54, 1.807) is 7.11 Å². The molecule has 0 aromatic carbocycles. The number of ether oxygens (including phenoxy) is 1. The number of piperidine rings is 1. The van der Waals surface area contributed by atoms with Crippen LogP contribution in [0.3, 0.4) is 0 Å². The highest BCUT2D eigenvalue weighted by Gasteiger charge is 2.29. The molecule has 0 radical (unpaired) electrons. The van der Waals surface area contributed by atoms with Crippen molar-refractivity contribution in [2.45, 2.75) is 31.7 Å². The van der Waals surface area contributed by atoms with Crippen LogP contribution in [0.2, 0.25) is 0 Å². The van der Waals surface area contributed by atoms with E-state index in [0.29, 0.717) is 17.0 Å². The van der Waals surface area contributed by atoms with Gasteiger partial charge in [0.05, 0.1) is 7.11 Å². The third-order valence-electron chi connectivity index (χ3n) is 3.39. The molecule has 0 saturated carbocycles. The van der Waals surface area contributed by atoms with Crippen LogP contribution >= 0.6 is 11.3 Å². The van der Waals surface area contributed by atoms with Gasteiger partial charge in [0.1, 0.15) is 10.6 Å². The Labute approximate surface area is 111 Å². The molecule has 1 aliphatic rings. The quantitative estimate of drug-likeness (QED) is 0.911. The van der Waals surface area contributed by atoms with Gasteiger partial charge in [0.2, 0.25) is 0 Å². The van der Waals surface area contributed by atoms with Gasteiger partial charge in [-0.05, 0) is 37.1 Å². The molecule has 1 aromatic heterocycles. The Morgan fingerprint density at radius 3 is 3.17 bits per heavy atom. The first-order valence-electron chi connectivity index (χ1n) is 6.31. The summed E-state index contributed by atoms with van der Waals surface area (Å²) in [5.74, 6) is 0.693. The fourth-order valence-corrected chi connectivity index (χ4v) is 3.28. The molecule has 1 N–H and O–H groups in total. The predicted molar refractivity (Wildman–Crippen MR) is 71.2 cm³/mol. The molecule has 2 rings (SSSR count). The van der Waals surface area contributed by atoms with E-state index in [4.69, 9.17) is 9.84 Å². The van der Waals surface area contributed by atoms with Crippen LogP contribution in [0.5, 0.6) is 5.75 Å². The number of methoxy groups -OCH3 is 1. The first kappa shape index (κ1) is 13.4. The molecule has 1 aliphatic heterocycles. The van der Waals surface area contributed by atoms with Gasteiger partial charge in [0.25, 0.3) is 5.91 Å². The summed E-state index contributed by atoms with van der Waals surface area (Å²) in [5.41, 5.74) is 0. The molecule has 1 atom stereocenters. The van der Waals surface area contributed by atoms with Gasteiger partial charge in [-0.25, -0.2) is 0 Å². The summed E-state index contributed by atoms with van der Waals surface area (Å²) in [7, 11) is 1.58. The highest BCUT2D eigenvalue weighted by atomic mass is 32.1. The standard InChI is InChI=1S/C13H19NO3S/c1-17-11-6-9-18-12(11)13(16)14-7-3-2-4-10(14)5-8-15/h6,9-10,15H,2-5,7-8H2,1H3. The minimum Gasteiger partial charge on any atom is -0.495 e. The zero-order valence-electron chi connectivity index (χ0n) is 10.6. The Bertz CT molecular complexity index is 403. The number of rotatable bonds is 4. The van der Waals surface area contributed by atoms with Gasteiger partial charge in [-0.1, -0.05) is 0 Å². The maximum atomic E-state index is 12.5. The highest BCUT2D eigenvalue weighted by Crippen LogP contribution is 2.29. The Kier molecular flexibility index (Phi) is 4.60. The Balaban J connectivity index is 2.15. The average molecular weight is 269 g/mol. The summed E-state index contributed by atoms with van der Waals surface area (Å²) >= 11 is 1.42. The lowest BCUT2D eigenvalue weighted by Crippen LogP contribution is -2.44. The molecule has 1 aromatic rings. The lowest BCUT2D eigenvalue weighted by Gasteiger charge is -2.35. The molecule has 18 heavy (non-hydrogen) atoms. The van der Waals surface area contributed by atoms with Crippen molar-refractivity contribution in [2.75, 3.05) is 20.3 Å². The van der Waals surface area contributed by atoms with Gasteiger partial charge in [-0.2, -0.15) is 0 Å². The lowest BCUT2D eigenvalue weighted by molar-refractivity contribution is 0.0577. The number of carbonyl (C=O) groups is 1. The van der Waals surface area contributed by atoms with E-state index in [0.717, 1.165) is 25.8 Å². The van der Waals surface area contributed by atoms with Crippen LogP contribution in [-0.4, -0.2) is 42.2 Å². The molecule has 4 nitrogen and oxygen atoms in total. The van der Waals surface area contributed by atoms with E-state index < -0.39 is 0 Å². The third kappa shape index (κ3) is 2.67. The monoisotopic (exact) mass is 269 g/mol. The second-order valence-corrected chi connectivity index (χ2v) is 5.39. The van der Waals surface area contributed by atoms with Crippen molar-refractivity contribution in [3.05, 3.63) is 16.3 Å². The predicted octanol–water partition coefficient (Wildman–Crippen LogP) is 2.13. The molecule has 0 spiro atoms. The molecule has 0 aliphatic carbocycles. The minimum atomic E-state index is 0.0417. The van der Waals surface area contributed by atoms with Crippen molar-refractivity contribution in [1.82, 2.24) is 4.90 Å². The molecule has 5 heteroatoms. The normalized spacial score (nSPS) is 19.9. The molecule has 100 valence electrons. The summed E-state index contributed by atoms with van der Waals surface area (Å²) in [6.07, 6.45) is 3.83. The number of likely N-dealkylation sites (tertiary alicyclic amines) is 1. The minimum absolute atomic E-state index is 0.0417. The number of thiophene rings is 1. The Hall–Kier alpha value is -1.07. The van der Waals surface area contributed by atoms with Gasteiger partial charge in [0, 0.05) is 19.2 Å². The van der Waals surface area contributed by atoms with E-state index >= 15 is 0 Å². The van der Waals surface area contributed by atoms with Crippen molar-refractivity contribution in [3.63, 3.8) is 0 Å². The van der Waals surface area contributed by atoms with E-state index in [1.807, 2.05) is 16.3 Å². The largest absolute Gasteiger partial charge is 0.495 e. The smallest absolute Gasteiger partial charge is 0.267 e. The summed E-state index contributed by atoms with van der Waals surface area (Å²) < 4.78 is 5.21. The van der Waals surface area contributed by atoms with Crippen LogP contribution in [0.4, 0.5) is 0 Å². The zero-order valence-corrected chi connectivity index (χ0v) is 11.4. The second-order valence-electron chi connectivity index (χ2n) is 4.48. The number of hydrogen-bond donors (Lipinski definition) is 1. The first-order valence-corrected chi connectivity index (χ1v) is 7.19. The number of hydrogen-bond acceptors (Lipinski definition) is 4. The molecule has 1 saturated heterocycles. The SMILES string of the molecule is COc1ccsc1C(=O)N1CCCCC1CCO. The number of carbonyl (C=O) groups excluding carboxylic acids is 1. The van der Waals surface area contributed by atoms with Gasteiger partial charge in [-0.15, -0.1) is 11.3 Å². The zero-order chi connectivity index (χ0) is 13.0.